The number of guanidine groups is 1. The fraction of sp³-hybridized carbons (Fsp3) is 0.333. The van der Waals surface area contributed by atoms with Gasteiger partial charge < -0.3 is 14.6 Å². The number of aliphatic carboxylic acids is 1. The summed E-state index contributed by atoms with van der Waals surface area (Å²) in [6.07, 6.45) is -5.19. The number of carbonyl (C=O) groups is 1. The molecule has 0 bridgehead atoms. The number of rotatable bonds is 5. The molecule has 6 nitrogen and oxygen atoms in total. The van der Waals surface area contributed by atoms with Crippen LogP contribution in [0.2, 0.25) is 0 Å². The van der Waals surface area contributed by atoms with Crippen LogP contribution in [-0.2, 0) is 11.3 Å². The highest BCUT2D eigenvalue weighted by molar-refractivity contribution is 5.70. The highest BCUT2D eigenvalue weighted by atomic mass is 19.4. The molecule has 0 fully saturated rings. The normalized spacial score (nSPS) is 10.2. The summed E-state index contributed by atoms with van der Waals surface area (Å²) < 4.78 is 48.5. The minimum Gasteiger partial charge on any atom is -0.542 e. The van der Waals surface area contributed by atoms with E-state index in [0.717, 1.165) is 5.56 Å². The van der Waals surface area contributed by atoms with Crippen LogP contribution in [-0.4, -0.2) is 31.4 Å². The molecule has 1 aromatic rings. The average Bonchev–Trinajstić information content (AvgIpc) is 2.43. The molecule has 0 heterocycles. The molecule has 1 aromatic carbocycles. The van der Waals surface area contributed by atoms with Gasteiger partial charge in [0.15, 0.2) is 0 Å². The van der Waals surface area contributed by atoms with Gasteiger partial charge in [-0.15, -0.1) is 0 Å². The van der Waals surface area contributed by atoms with E-state index in [4.69, 9.17) is 26.1 Å². The fourth-order valence-corrected chi connectivity index (χ4v) is 1.11. The third kappa shape index (κ3) is 9.39. The summed E-state index contributed by atoms with van der Waals surface area (Å²) in [4.78, 5) is 11.6. The van der Waals surface area contributed by atoms with E-state index in [9.17, 15) is 17.6 Å². The molecule has 0 unspecified atom stereocenters. The van der Waals surface area contributed by atoms with Gasteiger partial charge in [-0.3, -0.25) is 16.5 Å². The van der Waals surface area contributed by atoms with Crippen LogP contribution in [0, 0.1) is 0 Å². The summed E-state index contributed by atoms with van der Waals surface area (Å²) in [7, 11) is 0. The van der Waals surface area contributed by atoms with E-state index in [1.165, 1.54) is 0 Å². The Labute approximate surface area is 123 Å². The average molecular weight is 325 g/mol. The molecule has 0 aromatic heterocycles. The quantitative estimate of drug-likeness (QED) is 0.335. The lowest BCUT2D eigenvalue weighted by Gasteiger charge is -2.04. The number of hydrogen-bond donors (Lipinski definition) is 3. The Kier molecular flexibility index (Phi) is 8.34. The number of benzene rings is 1. The van der Waals surface area contributed by atoms with Crippen molar-refractivity contribution in [3.8, 4) is 5.75 Å². The number of carboxylic acid groups (broad SMARTS) is 1. The number of alkyl halides is 4. The maximum atomic E-state index is 11.9. The molecule has 0 aliphatic carbocycles. The topological polar surface area (TPSA) is 115 Å². The summed E-state index contributed by atoms with van der Waals surface area (Å²) in [5, 5.41) is 8.78. The lowest BCUT2D eigenvalue weighted by atomic mass is 10.2. The van der Waals surface area contributed by atoms with Gasteiger partial charge in [-0.25, -0.2) is 4.39 Å². The van der Waals surface area contributed by atoms with Crippen molar-refractivity contribution in [1.29, 1.82) is 0 Å². The third-order valence-corrected chi connectivity index (χ3v) is 1.97. The van der Waals surface area contributed by atoms with E-state index < -0.39 is 18.8 Å². The standard InChI is InChI=1S/C10H14FN3O.C2HF3O2/c11-4-5-15-9-3-1-2-8(6-9)7-14-10(12)13;3-2(4,5)1(6)7/h1-3,6H,4-5,7H2,(H4,12,13,14);(H,6,7). The Morgan fingerprint density at radius 1 is 1.32 bits per heavy atom. The van der Waals surface area contributed by atoms with Crippen molar-refractivity contribution in [3.63, 3.8) is 0 Å². The zero-order chi connectivity index (χ0) is 17.2. The first-order valence-corrected chi connectivity index (χ1v) is 5.84. The number of hydrogen-bond acceptors (Lipinski definition) is 3. The number of nitrogens with one attached hydrogen (secondary N) is 1. The van der Waals surface area contributed by atoms with Crippen molar-refractivity contribution >= 4 is 11.9 Å². The van der Waals surface area contributed by atoms with E-state index in [-0.39, 0.29) is 12.6 Å². The second-order valence-electron chi connectivity index (χ2n) is 3.78. The second kappa shape index (κ2) is 9.42. The highest BCUT2D eigenvalue weighted by Gasteiger charge is 2.28. The number of halogens is 4. The molecule has 5 N–H and O–H groups in total. The van der Waals surface area contributed by atoms with Crippen LogP contribution in [0.4, 0.5) is 17.6 Å². The molecule has 0 atom stereocenters. The Morgan fingerprint density at radius 3 is 2.36 bits per heavy atom. The first kappa shape index (κ1) is 19.5. The number of carboxylic acids is 1. The van der Waals surface area contributed by atoms with Crippen LogP contribution in [0.15, 0.2) is 24.3 Å². The van der Waals surface area contributed by atoms with Crippen molar-refractivity contribution in [3.05, 3.63) is 29.8 Å². The van der Waals surface area contributed by atoms with Crippen LogP contribution in [0.1, 0.15) is 5.56 Å². The Bertz CT molecular complexity index is 503. The minimum absolute atomic E-state index is 0.0715. The van der Waals surface area contributed by atoms with Gasteiger partial charge in [-0.1, -0.05) is 12.1 Å². The van der Waals surface area contributed by atoms with Gasteiger partial charge in [0.05, 0.1) is 6.54 Å². The van der Waals surface area contributed by atoms with E-state index in [0.29, 0.717) is 12.3 Å². The molecule has 0 aliphatic heterocycles. The summed E-state index contributed by atoms with van der Waals surface area (Å²) in [5.41, 5.74) is 11.5. The Hall–Kier alpha value is -2.52. The molecule has 0 amide bonds. The minimum atomic E-state index is -5.19. The highest BCUT2D eigenvalue weighted by Crippen LogP contribution is 2.12. The zero-order valence-electron chi connectivity index (χ0n) is 11.3. The van der Waals surface area contributed by atoms with Crippen LogP contribution >= 0.6 is 0 Å². The second-order valence-corrected chi connectivity index (χ2v) is 3.78. The molecular weight excluding hydrogens is 310 g/mol. The number of ether oxygens (including phenoxy) is 1. The van der Waals surface area contributed by atoms with Crippen molar-refractivity contribution in [1.82, 2.24) is 0 Å². The van der Waals surface area contributed by atoms with Crippen LogP contribution in [0.5, 0.6) is 5.75 Å². The van der Waals surface area contributed by atoms with Gasteiger partial charge >= 0.3 is 12.1 Å². The predicted octanol–water partition coefficient (Wildman–Crippen LogP) is -1.81. The smallest absolute Gasteiger partial charge is 0.430 e. The predicted molar refractivity (Wildman–Crippen MR) is 67.0 cm³/mol. The molecule has 0 spiro atoms. The Morgan fingerprint density at radius 2 is 1.91 bits per heavy atom. The molecule has 0 aliphatic rings. The van der Waals surface area contributed by atoms with E-state index >= 15 is 0 Å². The maximum Gasteiger partial charge on any atom is 0.430 e. The molecule has 0 radical (unpaired) electrons. The summed E-state index contributed by atoms with van der Waals surface area (Å²) >= 11 is 0. The fourth-order valence-electron chi connectivity index (χ4n) is 1.11. The monoisotopic (exact) mass is 325 g/mol. The zero-order valence-corrected chi connectivity index (χ0v) is 11.3. The SMILES string of the molecule is NC(N)=[NH+]Cc1cccc(OCCF)c1.O=C([O-])C(F)(F)F. The number of nitrogens with two attached hydrogens (primary N) is 2. The largest absolute Gasteiger partial charge is 0.542 e. The van der Waals surface area contributed by atoms with Crippen LogP contribution < -0.4 is 26.3 Å². The summed E-state index contributed by atoms with van der Waals surface area (Å²) in [6, 6.07) is 7.32. The van der Waals surface area contributed by atoms with Gasteiger partial charge in [-0.05, 0) is 17.7 Å². The number of carbonyl (C=O) groups excluding carboxylic acids is 1. The molecule has 22 heavy (non-hydrogen) atoms. The molecule has 0 saturated heterocycles. The molecule has 1 rings (SSSR count). The van der Waals surface area contributed by atoms with Gasteiger partial charge in [0.2, 0.25) is 0 Å². The Balaban J connectivity index is 0.000000534. The van der Waals surface area contributed by atoms with Crippen molar-refractivity contribution < 1.29 is 37.2 Å². The molecule has 10 heteroatoms. The van der Waals surface area contributed by atoms with Crippen molar-refractivity contribution in [2.24, 2.45) is 11.5 Å². The van der Waals surface area contributed by atoms with E-state index in [2.05, 4.69) is 4.99 Å². The molecular formula is C12H15F4N3O3. The van der Waals surface area contributed by atoms with Crippen LogP contribution in [0.25, 0.3) is 0 Å². The van der Waals surface area contributed by atoms with Gasteiger partial charge in [-0.2, -0.15) is 13.2 Å². The van der Waals surface area contributed by atoms with Crippen molar-refractivity contribution in [2.75, 3.05) is 13.3 Å². The maximum absolute atomic E-state index is 11.9. The van der Waals surface area contributed by atoms with Crippen LogP contribution in [0.3, 0.4) is 0 Å². The molecule has 124 valence electrons. The third-order valence-electron chi connectivity index (χ3n) is 1.97. The first-order valence-electron chi connectivity index (χ1n) is 5.84. The lowest BCUT2D eigenvalue weighted by molar-refractivity contribution is -0.477. The van der Waals surface area contributed by atoms with Gasteiger partial charge in [0.25, 0.3) is 0 Å². The molecule has 0 saturated carbocycles. The first-order chi connectivity index (χ1) is 10.2. The van der Waals surface area contributed by atoms with Gasteiger partial charge in [0, 0.05) is 0 Å². The summed E-state index contributed by atoms with van der Waals surface area (Å²) in [5.74, 6) is -2.19. The summed E-state index contributed by atoms with van der Waals surface area (Å²) in [6.45, 7) is 0.100. The van der Waals surface area contributed by atoms with E-state index in [1.807, 2.05) is 18.2 Å². The van der Waals surface area contributed by atoms with E-state index in [1.54, 1.807) is 6.07 Å². The van der Waals surface area contributed by atoms with Crippen molar-refractivity contribution in [2.45, 2.75) is 12.7 Å². The lowest BCUT2D eigenvalue weighted by Crippen LogP contribution is -2.76. The van der Waals surface area contributed by atoms with Gasteiger partial charge in [0.1, 0.15) is 25.0 Å².